The number of fused-ring (bicyclic) bond motifs is 1. The predicted molar refractivity (Wildman–Crippen MR) is 117 cm³/mol. The summed E-state index contributed by atoms with van der Waals surface area (Å²) < 4.78 is 5.37. The molecule has 1 aliphatic carbocycles. The summed E-state index contributed by atoms with van der Waals surface area (Å²) in [4.78, 5) is 36.6. The molecule has 1 heterocycles. The van der Waals surface area contributed by atoms with Gasteiger partial charge in [-0.3, -0.25) is 14.9 Å². The minimum absolute atomic E-state index is 0.00748. The topological polar surface area (TPSA) is 98.5 Å². The minimum atomic E-state index is -0.472. The fraction of sp³-hybridized carbons (Fsp3) is 0.364. The van der Waals surface area contributed by atoms with Crippen LogP contribution in [0.1, 0.15) is 59.0 Å². The maximum Gasteiger partial charge on any atom is 0.341 e. The van der Waals surface area contributed by atoms with E-state index in [1.54, 1.807) is 18.2 Å². The number of thiophene rings is 1. The van der Waals surface area contributed by atoms with Crippen molar-refractivity contribution in [3.8, 4) is 0 Å². The molecule has 3 rings (SSSR count). The first-order valence-electron chi connectivity index (χ1n) is 10.0. The number of aryl methyl sites for hydroxylation is 1. The van der Waals surface area contributed by atoms with E-state index >= 15 is 0 Å². The van der Waals surface area contributed by atoms with E-state index in [9.17, 15) is 19.7 Å². The Bertz CT molecular complexity index is 963. The molecule has 0 saturated carbocycles. The molecule has 1 aliphatic rings. The van der Waals surface area contributed by atoms with Crippen LogP contribution in [0, 0.1) is 10.1 Å². The van der Waals surface area contributed by atoms with Crippen molar-refractivity contribution in [3.05, 3.63) is 62.0 Å². The molecule has 0 unspecified atom stereocenters. The number of esters is 1. The Hall–Kier alpha value is -3.00. The number of carbonyl (C=O) groups is 2. The number of rotatable bonds is 7. The number of hydrogen-bond acceptors (Lipinski definition) is 6. The number of anilines is 1. The Kier molecular flexibility index (Phi) is 7.35. The molecule has 2 aromatic rings. The summed E-state index contributed by atoms with van der Waals surface area (Å²) in [6.07, 6.45) is 8.61. The van der Waals surface area contributed by atoms with Crippen molar-refractivity contribution in [1.82, 2.24) is 0 Å². The summed E-state index contributed by atoms with van der Waals surface area (Å²) in [7, 11) is 0. The third-order valence-electron chi connectivity index (χ3n) is 4.83. The van der Waals surface area contributed by atoms with Gasteiger partial charge in [0.05, 0.1) is 17.1 Å². The van der Waals surface area contributed by atoms with Gasteiger partial charge in [-0.05, 0) is 61.4 Å². The molecule has 158 valence electrons. The highest BCUT2D eigenvalue weighted by molar-refractivity contribution is 7.17. The van der Waals surface area contributed by atoms with Gasteiger partial charge in [0.25, 0.3) is 5.69 Å². The highest BCUT2D eigenvalue weighted by Crippen LogP contribution is 2.38. The van der Waals surface area contributed by atoms with Gasteiger partial charge in [-0.15, -0.1) is 11.3 Å². The van der Waals surface area contributed by atoms with E-state index < -0.39 is 4.92 Å². The zero-order chi connectivity index (χ0) is 21.5. The third kappa shape index (κ3) is 5.33. The Morgan fingerprint density at radius 1 is 1.20 bits per heavy atom. The number of hydrogen-bond donors (Lipinski definition) is 1. The third-order valence-corrected chi connectivity index (χ3v) is 6.04. The molecule has 8 heteroatoms. The smallest absolute Gasteiger partial charge is 0.341 e. The van der Waals surface area contributed by atoms with Gasteiger partial charge in [0.1, 0.15) is 5.00 Å². The first-order valence-corrected chi connectivity index (χ1v) is 10.9. The number of amides is 1. The Morgan fingerprint density at radius 2 is 1.93 bits per heavy atom. The van der Waals surface area contributed by atoms with Gasteiger partial charge in [-0.25, -0.2) is 4.79 Å². The molecule has 0 fully saturated rings. The average Bonchev–Trinajstić information content (AvgIpc) is 2.91. The second-order valence-corrected chi connectivity index (χ2v) is 8.18. The number of nitrogens with zero attached hydrogens (tertiary/aromatic N) is 1. The lowest BCUT2D eigenvalue weighted by atomic mass is 10.1. The van der Waals surface area contributed by atoms with Crippen molar-refractivity contribution in [2.24, 2.45) is 0 Å². The second kappa shape index (κ2) is 10.2. The molecule has 0 saturated heterocycles. The van der Waals surface area contributed by atoms with Gasteiger partial charge in [0, 0.05) is 23.1 Å². The zero-order valence-corrected chi connectivity index (χ0v) is 17.6. The summed E-state index contributed by atoms with van der Waals surface area (Å²) >= 11 is 1.45. The molecule has 1 amide bonds. The van der Waals surface area contributed by atoms with Gasteiger partial charge in [0.2, 0.25) is 5.91 Å². The molecular formula is C22H24N2O5S. The van der Waals surface area contributed by atoms with Crippen LogP contribution >= 0.6 is 11.3 Å². The molecule has 1 aromatic carbocycles. The first-order chi connectivity index (χ1) is 14.5. The van der Waals surface area contributed by atoms with E-state index in [-0.39, 0.29) is 17.6 Å². The summed E-state index contributed by atoms with van der Waals surface area (Å²) in [6, 6.07) is 5.91. The Balaban J connectivity index is 1.78. The van der Waals surface area contributed by atoms with E-state index in [1.165, 1.54) is 29.5 Å². The highest BCUT2D eigenvalue weighted by atomic mass is 32.1. The monoisotopic (exact) mass is 428 g/mol. The molecule has 0 atom stereocenters. The van der Waals surface area contributed by atoms with Crippen LogP contribution in [-0.2, 0) is 22.4 Å². The Morgan fingerprint density at radius 3 is 2.63 bits per heavy atom. The predicted octanol–water partition coefficient (Wildman–Crippen LogP) is 5.14. The van der Waals surface area contributed by atoms with E-state index in [2.05, 4.69) is 5.32 Å². The fourth-order valence-corrected chi connectivity index (χ4v) is 4.63. The van der Waals surface area contributed by atoms with Crippen LogP contribution in [0.3, 0.4) is 0 Å². The zero-order valence-electron chi connectivity index (χ0n) is 16.8. The molecule has 0 bridgehead atoms. The number of carbonyl (C=O) groups excluding carboxylic acids is 2. The number of ether oxygens (including phenoxy) is 1. The molecule has 7 nitrogen and oxygen atoms in total. The molecule has 1 aromatic heterocycles. The molecular weight excluding hydrogens is 404 g/mol. The molecule has 0 spiro atoms. The van der Waals surface area contributed by atoms with Crippen molar-refractivity contribution >= 4 is 40.0 Å². The van der Waals surface area contributed by atoms with Crippen molar-refractivity contribution in [3.63, 3.8) is 0 Å². The van der Waals surface area contributed by atoms with Crippen molar-refractivity contribution < 1.29 is 19.2 Å². The van der Waals surface area contributed by atoms with E-state index in [0.717, 1.165) is 49.0 Å². The van der Waals surface area contributed by atoms with Crippen molar-refractivity contribution in [1.29, 1.82) is 0 Å². The van der Waals surface area contributed by atoms with Gasteiger partial charge in [0.15, 0.2) is 0 Å². The lowest BCUT2D eigenvalue weighted by molar-refractivity contribution is -0.384. The summed E-state index contributed by atoms with van der Waals surface area (Å²) in [5, 5.41) is 14.1. The van der Waals surface area contributed by atoms with Crippen LogP contribution in [0.5, 0.6) is 0 Å². The van der Waals surface area contributed by atoms with Gasteiger partial charge >= 0.3 is 5.97 Å². The largest absolute Gasteiger partial charge is 0.462 e. The highest BCUT2D eigenvalue weighted by Gasteiger charge is 2.26. The molecule has 0 radical (unpaired) electrons. The van der Waals surface area contributed by atoms with Crippen LogP contribution in [0.15, 0.2) is 30.3 Å². The summed E-state index contributed by atoms with van der Waals surface area (Å²) in [6.45, 7) is 2.28. The minimum Gasteiger partial charge on any atom is -0.462 e. The van der Waals surface area contributed by atoms with Crippen LogP contribution in [0.4, 0.5) is 10.7 Å². The maximum atomic E-state index is 12.7. The van der Waals surface area contributed by atoms with Gasteiger partial charge in [-0.1, -0.05) is 13.3 Å². The SMILES string of the molecule is CCCOC(=O)c1c(NC(=O)C=Cc2ccc([N+](=O)[O-])cc2)sc2c1CCCCC2. The molecule has 30 heavy (non-hydrogen) atoms. The summed E-state index contributed by atoms with van der Waals surface area (Å²) in [5.41, 5.74) is 2.16. The molecule has 0 aliphatic heterocycles. The molecule has 1 N–H and O–H groups in total. The van der Waals surface area contributed by atoms with E-state index in [4.69, 9.17) is 4.74 Å². The summed E-state index contributed by atoms with van der Waals surface area (Å²) in [5.74, 6) is -0.750. The van der Waals surface area contributed by atoms with Gasteiger partial charge in [-0.2, -0.15) is 0 Å². The van der Waals surface area contributed by atoms with Gasteiger partial charge < -0.3 is 10.1 Å². The fourth-order valence-electron chi connectivity index (χ4n) is 3.35. The standard InChI is InChI=1S/C22H24N2O5S/c1-2-14-29-22(26)20-17-6-4-3-5-7-18(17)30-21(20)23-19(25)13-10-15-8-11-16(12-9-15)24(27)28/h8-13H,2-7,14H2,1H3,(H,23,25). The number of non-ortho nitro benzene ring substituents is 1. The van der Waals surface area contributed by atoms with E-state index in [0.29, 0.717) is 22.7 Å². The number of nitro groups is 1. The normalized spacial score (nSPS) is 13.5. The van der Waals surface area contributed by atoms with Crippen LogP contribution in [-0.4, -0.2) is 23.4 Å². The first kappa shape index (κ1) is 21.7. The second-order valence-electron chi connectivity index (χ2n) is 7.08. The van der Waals surface area contributed by atoms with Crippen molar-refractivity contribution in [2.75, 3.05) is 11.9 Å². The van der Waals surface area contributed by atoms with E-state index in [1.807, 2.05) is 6.92 Å². The lowest BCUT2D eigenvalue weighted by Gasteiger charge is -2.08. The quantitative estimate of drug-likeness (QED) is 0.216. The maximum absolute atomic E-state index is 12.7. The number of benzene rings is 1. The average molecular weight is 429 g/mol. The van der Waals surface area contributed by atoms with Crippen LogP contribution in [0.25, 0.3) is 6.08 Å². The number of nitrogens with one attached hydrogen (secondary N) is 1. The van der Waals surface area contributed by atoms with Crippen molar-refractivity contribution in [2.45, 2.75) is 45.4 Å². The van der Waals surface area contributed by atoms with Crippen LogP contribution < -0.4 is 5.32 Å². The lowest BCUT2D eigenvalue weighted by Crippen LogP contribution is -2.13. The Labute approximate surface area is 178 Å². The number of nitro benzene ring substituents is 1. The van der Waals surface area contributed by atoms with Crippen LogP contribution in [0.2, 0.25) is 0 Å².